The smallest absolute Gasteiger partial charge is 0.225 e. The number of hydrogen-bond acceptors (Lipinski definition) is 5. The number of phenols is 1. The van der Waals surface area contributed by atoms with E-state index in [9.17, 15) is 5.11 Å². The summed E-state index contributed by atoms with van der Waals surface area (Å²) in [6, 6.07) is 7.19. The molecule has 1 fully saturated rings. The molecular formula is C15H17N3O2. The fraction of sp³-hybridized carbons (Fsp3) is 0.333. The van der Waals surface area contributed by atoms with Gasteiger partial charge in [-0.25, -0.2) is 9.97 Å². The number of ether oxygens (including phenoxy) is 1. The number of nitrogens with zero attached hydrogens (tertiary/aromatic N) is 3. The summed E-state index contributed by atoms with van der Waals surface area (Å²) in [6.45, 7) is 4.06. The van der Waals surface area contributed by atoms with Crippen molar-refractivity contribution in [1.29, 1.82) is 0 Å². The van der Waals surface area contributed by atoms with E-state index in [1.807, 2.05) is 31.5 Å². The van der Waals surface area contributed by atoms with Gasteiger partial charge in [0, 0.05) is 18.9 Å². The van der Waals surface area contributed by atoms with E-state index in [-0.39, 0.29) is 11.9 Å². The molecule has 0 unspecified atom stereocenters. The molecule has 1 aromatic carbocycles. The summed E-state index contributed by atoms with van der Waals surface area (Å²) in [5, 5.41) is 9.56. The van der Waals surface area contributed by atoms with Crippen LogP contribution < -0.4 is 4.90 Å². The van der Waals surface area contributed by atoms with E-state index in [0.29, 0.717) is 13.2 Å². The van der Waals surface area contributed by atoms with Crippen LogP contribution in [0.4, 0.5) is 5.95 Å². The second-order valence-corrected chi connectivity index (χ2v) is 4.96. The first kappa shape index (κ1) is 12.9. The van der Waals surface area contributed by atoms with Gasteiger partial charge in [0.1, 0.15) is 11.9 Å². The molecule has 3 rings (SSSR count). The highest BCUT2D eigenvalue weighted by molar-refractivity contribution is 5.34. The summed E-state index contributed by atoms with van der Waals surface area (Å²) in [5.74, 6) is 0.985. The Bertz CT molecular complexity index is 586. The fourth-order valence-electron chi connectivity index (χ4n) is 2.31. The zero-order chi connectivity index (χ0) is 13.9. The highest BCUT2D eigenvalue weighted by Crippen LogP contribution is 2.26. The average Bonchev–Trinajstić information content (AvgIpc) is 2.48. The Morgan fingerprint density at radius 1 is 1.30 bits per heavy atom. The number of phenolic OH excluding ortho intramolecular Hbond substituents is 1. The molecule has 0 saturated carbocycles. The first-order chi connectivity index (χ1) is 9.72. The van der Waals surface area contributed by atoms with E-state index in [4.69, 9.17) is 4.74 Å². The fourth-order valence-corrected chi connectivity index (χ4v) is 2.31. The molecule has 1 aromatic heterocycles. The van der Waals surface area contributed by atoms with E-state index >= 15 is 0 Å². The Kier molecular flexibility index (Phi) is 3.52. The number of aromatic hydroxyl groups is 1. The lowest BCUT2D eigenvalue weighted by Gasteiger charge is -2.33. The quantitative estimate of drug-likeness (QED) is 0.906. The largest absolute Gasteiger partial charge is 0.508 e. The molecule has 20 heavy (non-hydrogen) atoms. The molecule has 5 nitrogen and oxygen atoms in total. The van der Waals surface area contributed by atoms with Gasteiger partial charge in [0.05, 0.1) is 13.2 Å². The van der Waals surface area contributed by atoms with Crippen molar-refractivity contribution in [2.45, 2.75) is 13.0 Å². The van der Waals surface area contributed by atoms with Gasteiger partial charge in [-0.1, -0.05) is 12.1 Å². The van der Waals surface area contributed by atoms with Crippen LogP contribution in [0.3, 0.4) is 0 Å². The van der Waals surface area contributed by atoms with E-state index in [1.165, 1.54) is 0 Å². The summed E-state index contributed by atoms with van der Waals surface area (Å²) in [7, 11) is 0. The van der Waals surface area contributed by atoms with Crippen molar-refractivity contribution in [2.24, 2.45) is 0 Å². The molecule has 5 heteroatoms. The van der Waals surface area contributed by atoms with Crippen molar-refractivity contribution < 1.29 is 9.84 Å². The summed E-state index contributed by atoms with van der Waals surface area (Å²) in [4.78, 5) is 10.8. The highest BCUT2D eigenvalue weighted by atomic mass is 16.5. The Balaban J connectivity index is 1.78. The van der Waals surface area contributed by atoms with Crippen LogP contribution in [0.25, 0.3) is 0 Å². The standard InChI is InChI=1S/C15H17N3O2/c1-11-8-16-15(17-9-11)18-5-6-20-14(10-18)12-3-2-4-13(19)7-12/h2-4,7-9,14,19H,5-6,10H2,1H3/t14-/m1/s1. The monoisotopic (exact) mass is 271 g/mol. The van der Waals surface area contributed by atoms with Crippen molar-refractivity contribution in [3.05, 3.63) is 47.8 Å². The normalized spacial score (nSPS) is 19.1. The van der Waals surface area contributed by atoms with Crippen LogP contribution in [0.15, 0.2) is 36.7 Å². The average molecular weight is 271 g/mol. The van der Waals surface area contributed by atoms with Gasteiger partial charge in [0.15, 0.2) is 0 Å². The predicted octanol–water partition coefficient (Wildman–Crippen LogP) is 2.07. The Morgan fingerprint density at radius 2 is 2.10 bits per heavy atom. The molecule has 2 aromatic rings. The van der Waals surface area contributed by atoms with Gasteiger partial charge in [0.2, 0.25) is 5.95 Å². The molecule has 1 N–H and O–H groups in total. The molecule has 1 aliphatic rings. The second-order valence-electron chi connectivity index (χ2n) is 4.96. The number of aromatic nitrogens is 2. The van der Waals surface area contributed by atoms with E-state index in [1.54, 1.807) is 12.1 Å². The minimum absolute atomic E-state index is 0.0687. The van der Waals surface area contributed by atoms with Crippen molar-refractivity contribution in [3.8, 4) is 5.75 Å². The van der Waals surface area contributed by atoms with Crippen LogP contribution in [-0.4, -0.2) is 34.8 Å². The number of benzene rings is 1. The molecule has 0 bridgehead atoms. The number of hydrogen-bond donors (Lipinski definition) is 1. The van der Waals surface area contributed by atoms with Crippen molar-refractivity contribution >= 4 is 5.95 Å². The van der Waals surface area contributed by atoms with Crippen LogP contribution in [0, 0.1) is 6.92 Å². The van der Waals surface area contributed by atoms with Gasteiger partial charge >= 0.3 is 0 Å². The SMILES string of the molecule is Cc1cnc(N2CCO[C@@H](c3cccc(O)c3)C2)nc1. The molecule has 2 heterocycles. The topological polar surface area (TPSA) is 58.5 Å². The summed E-state index contributed by atoms with van der Waals surface area (Å²) < 4.78 is 5.79. The summed E-state index contributed by atoms with van der Waals surface area (Å²) >= 11 is 0. The lowest BCUT2D eigenvalue weighted by Crippen LogP contribution is -2.39. The maximum absolute atomic E-state index is 9.56. The van der Waals surface area contributed by atoms with Crippen LogP contribution in [-0.2, 0) is 4.74 Å². The van der Waals surface area contributed by atoms with Crippen LogP contribution in [0.5, 0.6) is 5.75 Å². The number of aryl methyl sites for hydroxylation is 1. The molecule has 0 amide bonds. The third-order valence-electron chi connectivity index (χ3n) is 3.36. The van der Waals surface area contributed by atoms with Crippen LogP contribution >= 0.6 is 0 Å². The molecule has 1 aliphatic heterocycles. The molecule has 0 spiro atoms. The third-order valence-corrected chi connectivity index (χ3v) is 3.36. The van der Waals surface area contributed by atoms with E-state index < -0.39 is 0 Å². The molecular weight excluding hydrogens is 254 g/mol. The van der Waals surface area contributed by atoms with Crippen molar-refractivity contribution in [3.63, 3.8) is 0 Å². The van der Waals surface area contributed by atoms with Crippen molar-refractivity contribution in [2.75, 3.05) is 24.6 Å². The third kappa shape index (κ3) is 2.72. The lowest BCUT2D eigenvalue weighted by atomic mass is 10.1. The minimum Gasteiger partial charge on any atom is -0.508 e. The molecule has 104 valence electrons. The highest BCUT2D eigenvalue weighted by Gasteiger charge is 2.23. The number of rotatable bonds is 2. The van der Waals surface area contributed by atoms with Gasteiger partial charge in [-0.05, 0) is 30.2 Å². The predicted molar refractivity (Wildman–Crippen MR) is 75.8 cm³/mol. The van der Waals surface area contributed by atoms with E-state index in [0.717, 1.165) is 23.6 Å². The molecule has 0 radical (unpaired) electrons. The van der Waals surface area contributed by atoms with Gasteiger partial charge in [0.25, 0.3) is 0 Å². The zero-order valence-electron chi connectivity index (χ0n) is 11.4. The zero-order valence-corrected chi connectivity index (χ0v) is 11.4. The van der Waals surface area contributed by atoms with Gasteiger partial charge < -0.3 is 14.7 Å². The van der Waals surface area contributed by atoms with Crippen LogP contribution in [0.2, 0.25) is 0 Å². The number of morpholine rings is 1. The Morgan fingerprint density at radius 3 is 2.85 bits per heavy atom. The van der Waals surface area contributed by atoms with Crippen LogP contribution in [0.1, 0.15) is 17.2 Å². The maximum Gasteiger partial charge on any atom is 0.225 e. The van der Waals surface area contributed by atoms with Gasteiger partial charge in [-0.2, -0.15) is 0 Å². The van der Waals surface area contributed by atoms with E-state index in [2.05, 4.69) is 14.9 Å². The number of anilines is 1. The second kappa shape index (κ2) is 5.46. The maximum atomic E-state index is 9.56. The molecule has 1 saturated heterocycles. The first-order valence-electron chi connectivity index (χ1n) is 6.66. The van der Waals surface area contributed by atoms with Gasteiger partial charge in [-0.3, -0.25) is 0 Å². The van der Waals surface area contributed by atoms with Gasteiger partial charge in [-0.15, -0.1) is 0 Å². The first-order valence-corrected chi connectivity index (χ1v) is 6.66. The minimum atomic E-state index is -0.0687. The Hall–Kier alpha value is -2.14. The summed E-state index contributed by atoms with van der Waals surface area (Å²) in [5.41, 5.74) is 2.02. The van der Waals surface area contributed by atoms with Crippen molar-refractivity contribution in [1.82, 2.24) is 9.97 Å². The molecule has 1 atom stereocenters. The summed E-state index contributed by atoms with van der Waals surface area (Å²) in [6.07, 6.45) is 3.57. The lowest BCUT2D eigenvalue weighted by molar-refractivity contribution is 0.0391. The Labute approximate surface area is 117 Å². The molecule has 0 aliphatic carbocycles.